The van der Waals surface area contributed by atoms with E-state index in [1.165, 1.54) is 12.1 Å². The Morgan fingerprint density at radius 2 is 1.18 bits per heavy atom. The van der Waals surface area contributed by atoms with E-state index in [9.17, 15) is 19.2 Å². The number of carbonyl (C=O) groups is 4. The number of aliphatic carboxylic acids is 4. The van der Waals surface area contributed by atoms with E-state index in [4.69, 9.17) is 40.2 Å². The van der Waals surface area contributed by atoms with Gasteiger partial charge in [0.25, 0.3) is 0 Å². The third-order valence-electron chi connectivity index (χ3n) is 4.38. The lowest BCUT2D eigenvalue weighted by atomic mass is 10.2. The number of aromatic nitrogens is 1. The summed E-state index contributed by atoms with van der Waals surface area (Å²) in [6.45, 7) is -1.39. The summed E-state index contributed by atoms with van der Waals surface area (Å²) in [5.41, 5.74) is 8.65. The van der Waals surface area contributed by atoms with Crippen LogP contribution in [0, 0.1) is 0 Å². The van der Waals surface area contributed by atoms with E-state index in [0.717, 1.165) is 9.80 Å². The van der Waals surface area contributed by atoms with E-state index >= 15 is 0 Å². The second-order valence-electron chi connectivity index (χ2n) is 7.68. The Morgan fingerprint density at radius 3 is 1.61 bits per heavy atom. The summed E-state index contributed by atoms with van der Waals surface area (Å²) in [5, 5.41) is 39.7. The molecule has 0 radical (unpaired) electrons. The molecule has 1 aromatic rings. The van der Waals surface area contributed by atoms with Crippen molar-refractivity contribution >= 4 is 23.9 Å². The Balaban J connectivity index is 2.91. The van der Waals surface area contributed by atoms with E-state index in [1.807, 2.05) is 0 Å². The van der Waals surface area contributed by atoms with Crippen LogP contribution >= 0.6 is 0 Å². The summed E-state index contributed by atoms with van der Waals surface area (Å²) in [7, 11) is 0. The first-order valence-electron chi connectivity index (χ1n) is 11.2. The molecule has 0 atom stereocenters. The molecule has 210 valence electrons. The van der Waals surface area contributed by atoms with Crippen LogP contribution in [0.5, 0.6) is 5.75 Å². The van der Waals surface area contributed by atoms with Gasteiger partial charge in [0.15, 0.2) is 0 Å². The molecule has 1 aromatic heterocycles. The highest BCUT2D eigenvalue weighted by molar-refractivity contribution is 5.73. The quantitative estimate of drug-likeness (QED) is 0.0638. The van der Waals surface area contributed by atoms with Crippen LogP contribution in [0.4, 0.5) is 0 Å². The predicted octanol–water partition coefficient (Wildman–Crippen LogP) is -0.254. The van der Waals surface area contributed by atoms with Crippen LogP contribution < -0.4 is 4.74 Å². The number of nitrogens with zero attached hydrogens (tertiary/aromatic N) is 6. The van der Waals surface area contributed by atoms with Crippen molar-refractivity contribution in [1.29, 1.82) is 0 Å². The number of carboxylic acids is 4. The maximum absolute atomic E-state index is 11.1. The molecular weight excluding hydrogens is 512 g/mol. The normalized spacial score (nSPS) is 10.8. The molecule has 0 aromatic carbocycles. The van der Waals surface area contributed by atoms with Crippen molar-refractivity contribution in [2.24, 2.45) is 5.11 Å². The minimum atomic E-state index is -1.24. The average Bonchev–Trinajstić information content (AvgIpc) is 2.78. The first kappa shape index (κ1) is 32.0. The van der Waals surface area contributed by atoms with Gasteiger partial charge in [-0.15, -0.1) is 0 Å². The molecule has 1 rings (SSSR count). The summed E-state index contributed by atoms with van der Waals surface area (Å²) < 4.78 is 16.3. The highest BCUT2D eigenvalue weighted by Crippen LogP contribution is 2.18. The second-order valence-corrected chi connectivity index (χ2v) is 7.68. The van der Waals surface area contributed by atoms with Gasteiger partial charge < -0.3 is 34.6 Å². The van der Waals surface area contributed by atoms with Crippen LogP contribution in [-0.4, -0.2) is 125 Å². The van der Waals surface area contributed by atoms with E-state index in [-0.39, 0.29) is 69.8 Å². The molecule has 0 unspecified atom stereocenters. The van der Waals surface area contributed by atoms with Crippen molar-refractivity contribution in [2.75, 3.05) is 65.8 Å². The zero-order chi connectivity index (χ0) is 28.3. The van der Waals surface area contributed by atoms with Crippen molar-refractivity contribution in [1.82, 2.24) is 14.8 Å². The topological polar surface area (TPSA) is 245 Å². The number of hydrogen-bond donors (Lipinski definition) is 4. The van der Waals surface area contributed by atoms with Gasteiger partial charge >= 0.3 is 23.9 Å². The molecule has 0 amide bonds. The lowest BCUT2D eigenvalue weighted by Gasteiger charge is -2.21. The highest BCUT2D eigenvalue weighted by Gasteiger charge is 2.18. The Bertz CT molecular complexity index is 898. The number of rotatable bonds is 22. The fraction of sp³-hybridized carbons (Fsp3) is 0.571. The zero-order valence-electron chi connectivity index (χ0n) is 20.5. The van der Waals surface area contributed by atoms with Gasteiger partial charge in [0.2, 0.25) is 0 Å². The molecule has 0 bridgehead atoms. The number of hydrogen-bond acceptors (Lipinski definition) is 11. The van der Waals surface area contributed by atoms with Crippen molar-refractivity contribution < 1.29 is 53.8 Å². The van der Waals surface area contributed by atoms with Gasteiger partial charge in [-0.1, -0.05) is 5.11 Å². The molecule has 0 aliphatic rings. The van der Waals surface area contributed by atoms with Gasteiger partial charge in [-0.2, -0.15) is 0 Å². The van der Waals surface area contributed by atoms with Crippen LogP contribution in [0.2, 0.25) is 0 Å². The van der Waals surface area contributed by atoms with Gasteiger partial charge in [0.05, 0.1) is 64.0 Å². The molecule has 38 heavy (non-hydrogen) atoms. The molecule has 17 nitrogen and oxygen atoms in total. The lowest BCUT2D eigenvalue weighted by molar-refractivity contribution is -0.144. The summed E-state index contributed by atoms with van der Waals surface area (Å²) >= 11 is 0. The smallest absolute Gasteiger partial charge is 0.317 e. The van der Waals surface area contributed by atoms with E-state index in [1.54, 1.807) is 0 Å². The van der Waals surface area contributed by atoms with Gasteiger partial charge in [-0.3, -0.25) is 34.0 Å². The summed E-state index contributed by atoms with van der Waals surface area (Å²) in [6, 6.07) is 2.94. The van der Waals surface area contributed by atoms with E-state index < -0.39 is 50.1 Å². The van der Waals surface area contributed by atoms with Gasteiger partial charge in [-0.05, 0) is 5.53 Å². The van der Waals surface area contributed by atoms with E-state index in [0.29, 0.717) is 0 Å². The maximum atomic E-state index is 11.1. The maximum Gasteiger partial charge on any atom is 0.317 e. The van der Waals surface area contributed by atoms with Crippen LogP contribution in [0.25, 0.3) is 10.4 Å². The summed E-state index contributed by atoms with van der Waals surface area (Å²) in [6.07, 6.45) is 0. The van der Waals surface area contributed by atoms with Gasteiger partial charge in [0, 0.05) is 36.7 Å². The Morgan fingerprint density at radius 1 is 0.763 bits per heavy atom. The molecule has 0 fully saturated rings. The molecule has 0 saturated heterocycles. The SMILES string of the molecule is [N-]=[N+]=NCCOCCOCCOc1cc(CN(CC(=O)O)CC(=O)O)nc(CN(CC(=O)O)CC(=O)O)c1. The van der Waals surface area contributed by atoms with Crippen molar-refractivity contribution in [3.63, 3.8) is 0 Å². The van der Waals surface area contributed by atoms with Gasteiger partial charge in [-0.25, -0.2) is 0 Å². The molecular formula is C21H30N6O11. The average molecular weight is 543 g/mol. The van der Waals surface area contributed by atoms with Crippen molar-refractivity contribution in [3.8, 4) is 5.75 Å². The third kappa shape index (κ3) is 15.9. The standard InChI is InChI=1S/C21H30N6O11/c22-25-23-1-2-36-3-4-37-5-6-38-17-7-15(9-26(11-18(28)29)12-19(30)31)24-16(8-17)10-27(13-20(32)33)14-21(34)35/h7-8H,1-6,9-14H2,(H,28,29)(H,30,31)(H,32,33)(H,34,35). The fourth-order valence-corrected chi connectivity index (χ4v) is 3.11. The highest BCUT2D eigenvalue weighted by atomic mass is 16.5. The number of carboxylic acid groups (broad SMARTS) is 4. The summed E-state index contributed by atoms with van der Waals surface area (Å²) in [4.78, 5) is 53.7. The minimum Gasteiger partial charge on any atom is -0.491 e. The van der Waals surface area contributed by atoms with Crippen LogP contribution in [-0.2, 0) is 41.7 Å². The Labute approximate surface area is 216 Å². The van der Waals surface area contributed by atoms with Crippen LogP contribution in [0.1, 0.15) is 11.4 Å². The molecule has 4 N–H and O–H groups in total. The van der Waals surface area contributed by atoms with Crippen molar-refractivity contribution in [2.45, 2.75) is 13.1 Å². The molecule has 0 aliphatic heterocycles. The molecule has 0 saturated carbocycles. The van der Waals surface area contributed by atoms with Crippen molar-refractivity contribution in [3.05, 3.63) is 34.0 Å². The zero-order valence-corrected chi connectivity index (χ0v) is 20.5. The van der Waals surface area contributed by atoms with Crippen LogP contribution in [0.3, 0.4) is 0 Å². The molecule has 0 spiro atoms. The number of pyridine rings is 1. The lowest BCUT2D eigenvalue weighted by Crippen LogP contribution is -2.35. The van der Waals surface area contributed by atoms with Gasteiger partial charge in [0.1, 0.15) is 12.4 Å². The monoisotopic (exact) mass is 542 g/mol. The Kier molecular flexibility index (Phi) is 15.4. The minimum absolute atomic E-state index is 0.0869. The molecule has 1 heterocycles. The van der Waals surface area contributed by atoms with Crippen LogP contribution in [0.15, 0.2) is 17.2 Å². The number of ether oxygens (including phenoxy) is 3. The first-order valence-corrected chi connectivity index (χ1v) is 11.2. The predicted molar refractivity (Wildman–Crippen MR) is 126 cm³/mol. The fourth-order valence-electron chi connectivity index (χ4n) is 3.11. The summed E-state index contributed by atoms with van der Waals surface area (Å²) in [5.74, 6) is -4.71. The Hall–Kier alpha value is -4.02. The van der Waals surface area contributed by atoms with E-state index in [2.05, 4.69) is 15.0 Å². The first-order chi connectivity index (χ1) is 18.1. The second kappa shape index (κ2) is 18.3. The molecule has 17 heteroatoms. The molecule has 0 aliphatic carbocycles. The third-order valence-corrected chi connectivity index (χ3v) is 4.38. The largest absolute Gasteiger partial charge is 0.491 e. The number of azide groups is 1.